The smallest absolute Gasteiger partial charge is 0.191 e. The van der Waals surface area contributed by atoms with Crippen LogP contribution in [0.25, 0.3) is 0 Å². The highest BCUT2D eigenvalue weighted by molar-refractivity contribution is 5.80. The van der Waals surface area contributed by atoms with E-state index in [-0.39, 0.29) is 11.5 Å². The number of ether oxygens (including phenoxy) is 2. The normalized spacial score (nSPS) is 18.9. The average Bonchev–Trinajstić information content (AvgIpc) is 2.62. The van der Waals surface area contributed by atoms with Crippen molar-refractivity contribution in [3.05, 3.63) is 35.9 Å². The molecule has 1 aliphatic rings. The van der Waals surface area contributed by atoms with Crippen LogP contribution in [0, 0.1) is 0 Å². The van der Waals surface area contributed by atoms with E-state index in [0.29, 0.717) is 6.61 Å². The summed E-state index contributed by atoms with van der Waals surface area (Å²) in [5.41, 5.74) is 1.42. The van der Waals surface area contributed by atoms with E-state index in [2.05, 4.69) is 54.8 Å². The van der Waals surface area contributed by atoms with Gasteiger partial charge in [0, 0.05) is 38.3 Å². The molecule has 0 radical (unpaired) electrons. The third-order valence-corrected chi connectivity index (χ3v) is 4.52. The number of benzene rings is 1. The molecule has 1 unspecified atom stereocenters. The molecule has 1 saturated heterocycles. The summed E-state index contributed by atoms with van der Waals surface area (Å²) < 4.78 is 10.8. The van der Waals surface area contributed by atoms with Crippen molar-refractivity contribution in [3.63, 3.8) is 0 Å². The van der Waals surface area contributed by atoms with Crippen molar-refractivity contribution >= 4 is 5.96 Å². The monoisotopic (exact) mass is 333 g/mol. The van der Waals surface area contributed by atoms with E-state index in [0.717, 1.165) is 45.1 Å². The van der Waals surface area contributed by atoms with Crippen LogP contribution in [-0.4, -0.2) is 52.0 Å². The number of methoxy groups -OCH3 is 1. The fourth-order valence-corrected chi connectivity index (χ4v) is 3.17. The van der Waals surface area contributed by atoms with Crippen LogP contribution in [-0.2, 0) is 14.9 Å². The fourth-order valence-electron chi connectivity index (χ4n) is 3.17. The second-order valence-electron chi connectivity index (χ2n) is 6.45. The lowest BCUT2D eigenvalue weighted by Gasteiger charge is -2.36. The zero-order valence-electron chi connectivity index (χ0n) is 15.2. The van der Waals surface area contributed by atoms with Crippen LogP contribution in [0.4, 0.5) is 0 Å². The lowest BCUT2D eigenvalue weighted by atomic mass is 9.74. The van der Waals surface area contributed by atoms with Gasteiger partial charge in [0.1, 0.15) is 0 Å². The summed E-state index contributed by atoms with van der Waals surface area (Å²) in [7, 11) is 1.72. The zero-order chi connectivity index (χ0) is 17.3. The van der Waals surface area contributed by atoms with Gasteiger partial charge in [-0.2, -0.15) is 0 Å². The molecule has 1 atom stereocenters. The van der Waals surface area contributed by atoms with Crippen LogP contribution < -0.4 is 10.6 Å². The molecule has 0 saturated carbocycles. The van der Waals surface area contributed by atoms with Crippen molar-refractivity contribution in [2.45, 2.75) is 38.1 Å². The van der Waals surface area contributed by atoms with Gasteiger partial charge in [0.2, 0.25) is 0 Å². The Morgan fingerprint density at radius 1 is 1.29 bits per heavy atom. The van der Waals surface area contributed by atoms with Crippen LogP contribution in [0.2, 0.25) is 0 Å². The molecule has 0 amide bonds. The summed E-state index contributed by atoms with van der Waals surface area (Å²) in [4.78, 5) is 4.89. The fraction of sp³-hybridized carbons (Fsp3) is 0.632. The molecule has 1 aromatic carbocycles. The minimum Gasteiger partial charge on any atom is -0.383 e. The lowest BCUT2D eigenvalue weighted by molar-refractivity contribution is 0.0531. The number of nitrogens with zero attached hydrogens (tertiary/aromatic N) is 1. The predicted molar refractivity (Wildman–Crippen MR) is 98.6 cm³/mol. The van der Waals surface area contributed by atoms with Gasteiger partial charge in [-0.1, -0.05) is 30.3 Å². The Balaban J connectivity index is 2.14. The molecule has 1 heterocycles. The van der Waals surface area contributed by atoms with Gasteiger partial charge in [0.15, 0.2) is 5.96 Å². The SMILES string of the molecule is CCNC(=NCC1(c2ccccc2)CCOCC1)NC(C)COC. The Kier molecular flexibility index (Phi) is 7.53. The number of hydrogen-bond donors (Lipinski definition) is 2. The number of aliphatic imine (C=N–C) groups is 1. The Labute approximate surface area is 145 Å². The molecule has 1 fully saturated rings. The van der Waals surface area contributed by atoms with Crippen LogP contribution in [0.15, 0.2) is 35.3 Å². The highest BCUT2D eigenvalue weighted by atomic mass is 16.5. The third kappa shape index (κ3) is 5.21. The minimum absolute atomic E-state index is 0.0619. The molecule has 5 nitrogen and oxygen atoms in total. The van der Waals surface area contributed by atoms with E-state index in [1.54, 1.807) is 7.11 Å². The number of nitrogens with one attached hydrogen (secondary N) is 2. The summed E-state index contributed by atoms with van der Waals surface area (Å²) in [5.74, 6) is 0.851. The summed E-state index contributed by atoms with van der Waals surface area (Å²) in [6, 6.07) is 10.9. The quantitative estimate of drug-likeness (QED) is 0.594. The molecule has 1 aliphatic heterocycles. The molecule has 0 aromatic heterocycles. The number of guanidine groups is 1. The van der Waals surface area contributed by atoms with Crippen molar-refractivity contribution in [3.8, 4) is 0 Å². The first-order chi connectivity index (χ1) is 11.7. The van der Waals surface area contributed by atoms with Gasteiger partial charge >= 0.3 is 0 Å². The summed E-state index contributed by atoms with van der Waals surface area (Å²) in [5, 5.41) is 6.74. The number of rotatable bonds is 7. The Bertz CT molecular complexity index is 499. The maximum absolute atomic E-state index is 5.60. The molecular formula is C19H31N3O2. The molecule has 0 aliphatic carbocycles. The third-order valence-electron chi connectivity index (χ3n) is 4.52. The topological polar surface area (TPSA) is 54.9 Å². The molecule has 5 heteroatoms. The summed E-state index contributed by atoms with van der Waals surface area (Å²) >= 11 is 0. The molecule has 0 spiro atoms. The Morgan fingerprint density at radius 3 is 2.62 bits per heavy atom. The molecule has 2 rings (SSSR count). The second-order valence-corrected chi connectivity index (χ2v) is 6.45. The van der Waals surface area contributed by atoms with E-state index in [1.165, 1.54) is 5.56 Å². The highest BCUT2D eigenvalue weighted by Gasteiger charge is 2.34. The zero-order valence-corrected chi connectivity index (χ0v) is 15.2. The first kappa shape index (κ1) is 18.7. The summed E-state index contributed by atoms with van der Waals surface area (Å²) in [6.45, 7) is 8.03. The van der Waals surface area contributed by atoms with Gasteiger partial charge in [-0.15, -0.1) is 0 Å². The molecule has 1 aromatic rings. The van der Waals surface area contributed by atoms with Crippen LogP contribution >= 0.6 is 0 Å². The van der Waals surface area contributed by atoms with Gasteiger partial charge in [0.25, 0.3) is 0 Å². The lowest BCUT2D eigenvalue weighted by Crippen LogP contribution is -2.45. The number of hydrogen-bond acceptors (Lipinski definition) is 3. The predicted octanol–water partition coefficient (Wildman–Crippen LogP) is 2.32. The largest absolute Gasteiger partial charge is 0.383 e. The molecule has 134 valence electrons. The van der Waals surface area contributed by atoms with Crippen molar-refractivity contribution in [1.82, 2.24) is 10.6 Å². The Morgan fingerprint density at radius 2 is 2.00 bits per heavy atom. The molecule has 2 N–H and O–H groups in total. The van der Waals surface area contributed by atoms with Gasteiger partial charge in [-0.25, -0.2) is 0 Å². The molecule has 0 bridgehead atoms. The van der Waals surface area contributed by atoms with Crippen molar-refractivity contribution < 1.29 is 9.47 Å². The van der Waals surface area contributed by atoms with E-state index in [4.69, 9.17) is 14.5 Å². The maximum atomic E-state index is 5.60. The van der Waals surface area contributed by atoms with E-state index < -0.39 is 0 Å². The maximum Gasteiger partial charge on any atom is 0.191 e. The minimum atomic E-state index is 0.0619. The van der Waals surface area contributed by atoms with Crippen molar-refractivity contribution in [1.29, 1.82) is 0 Å². The first-order valence-electron chi connectivity index (χ1n) is 8.87. The molecule has 24 heavy (non-hydrogen) atoms. The second kappa shape index (κ2) is 9.64. The van der Waals surface area contributed by atoms with Gasteiger partial charge < -0.3 is 20.1 Å². The summed E-state index contributed by atoms with van der Waals surface area (Å²) in [6.07, 6.45) is 2.01. The van der Waals surface area contributed by atoms with E-state index >= 15 is 0 Å². The van der Waals surface area contributed by atoms with E-state index in [1.807, 2.05) is 0 Å². The van der Waals surface area contributed by atoms with Crippen LogP contribution in [0.3, 0.4) is 0 Å². The average molecular weight is 333 g/mol. The molecular weight excluding hydrogens is 302 g/mol. The first-order valence-corrected chi connectivity index (χ1v) is 8.87. The van der Waals surface area contributed by atoms with Crippen LogP contribution in [0.1, 0.15) is 32.3 Å². The standard InChI is InChI=1S/C19H31N3O2/c1-4-20-18(22-16(2)14-23-3)21-15-19(10-12-24-13-11-19)17-8-6-5-7-9-17/h5-9,16H,4,10-15H2,1-3H3,(H2,20,21,22). The van der Waals surface area contributed by atoms with Gasteiger partial charge in [-0.05, 0) is 32.3 Å². The van der Waals surface area contributed by atoms with Crippen molar-refractivity contribution in [2.24, 2.45) is 4.99 Å². The highest BCUT2D eigenvalue weighted by Crippen LogP contribution is 2.35. The van der Waals surface area contributed by atoms with Crippen LogP contribution in [0.5, 0.6) is 0 Å². The van der Waals surface area contributed by atoms with E-state index in [9.17, 15) is 0 Å². The Hall–Kier alpha value is -1.59. The van der Waals surface area contributed by atoms with Gasteiger partial charge in [0.05, 0.1) is 13.2 Å². The van der Waals surface area contributed by atoms with Gasteiger partial charge in [-0.3, -0.25) is 4.99 Å². The van der Waals surface area contributed by atoms with Crippen molar-refractivity contribution in [2.75, 3.05) is 40.0 Å².